The molecule has 0 aromatic heterocycles. The van der Waals surface area contributed by atoms with Gasteiger partial charge >= 0.3 is 12.1 Å². The van der Waals surface area contributed by atoms with E-state index in [1.165, 1.54) is 12.0 Å². The van der Waals surface area contributed by atoms with Gasteiger partial charge in [-0.2, -0.15) is 11.8 Å². The number of rotatable bonds is 5. The van der Waals surface area contributed by atoms with Crippen LogP contribution in [0.5, 0.6) is 0 Å². The predicted molar refractivity (Wildman–Crippen MR) is 95.0 cm³/mol. The zero-order chi connectivity index (χ0) is 18.5. The van der Waals surface area contributed by atoms with E-state index in [0.29, 0.717) is 17.9 Å². The first-order valence-electron chi connectivity index (χ1n) is 8.05. The molecule has 1 saturated heterocycles. The number of methoxy groups -OCH3 is 1. The van der Waals surface area contributed by atoms with Crippen molar-refractivity contribution in [3.05, 3.63) is 11.6 Å². The molecule has 6 nitrogen and oxygen atoms in total. The smallest absolute Gasteiger partial charge is 0.413 e. The lowest BCUT2D eigenvalue weighted by atomic mass is 10.1. The highest BCUT2D eigenvalue weighted by molar-refractivity contribution is 7.99. The standard InChI is InChI=1S/C17H29NO5S/c1-8-24-11-12(14(19)21-7)9-13-10-22-17(5,6)18(13)15(20)23-16(2,3)4/h9,13H,8,10-11H2,1-7H3/b12-9+/t13-/m0/s1. The molecule has 0 aromatic carbocycles. The molecule has 1 amide bonds. The van der Waals surface area contributed by atoms with E-state index in [-0.39, 0.29) is 12.0 Å². The van der Waals surface area contributed by atoms with Gasteiger partial charge in [0, 0.05) is 11.3 Å². The number of ether oxygens (including phenoxy) is 3. The van der Waals surface area contributed by atoms with Gasteiger partial charge in [-0.1, -0.05) is 6.92 Å². The molecule has 1 rings (SSSR count). The third kappa shape index (κ3) is 5.70. The molecule has 0 spiro atoms. The summed E-state index contributed by atoms with van der Waals surface area (Å²) in [6.07, 6.45) is 1.30. The van der Waals surface area contributed by atoms with Gasteiger partial charge in [0.05, 0.1) is 19.8 Å². The second-order valence-corrected chi connectivity index (χ2v) is 8.27. The van der Waals surface area contributed by atoms with Crippen molar-refractivity contribution in [1.82, 2.24) is 4.90 Å². The minimum absolute atomic E-state index is 0.309. The molecule has 0 bridgehead atoms. The molecule has 7 heteroatoms. The molecule has 0 radical (unpaired) electrons. The van der Waals surface area contributed by atoms with Gasteiger partial charge in [-0.05, 0) is 46.4 Å². The average Bonchev–Trinajstić information content (AvgIpc) is 2.75. The van der Waals surface area contributed by atoms with E-state index in [9.17, 15) is 9.59 Å². The first-order chi connectivity index (χ1) is 11.0. The van der Waals surface area contributed by atoms with Crippen LogP contribution in [0.2, 0.25) is 0 Å². The summed E-state index contributed by atoms with van der Waals surface area (Å²) in [5, 5.41) is 0. The number of carbonyl (C=O) groups excluding carboxylic acids is 2. The minimum atomic E-state index is -0.803. The van der Waals surface area contributed by atoms with Gasteiger partial charge < -0.3 is 14.2 Å². The Hall–Kier alpha value is -1.21. The van der Waals surface area contributed by atoms with Crippen molar-refractivity contribution >= 4 is 23.8 Å². The Morgan fingerprint density at radius 1 is 1.38 bits per heavy atom. The van der Waals surface area contributed by atoms with Gasteiger partial charge in [-0.25, -0.2) is 9.59 Å². The number of carbonyl (C=O) groups is 2. The highest BCUT2D eigenvalue weighted by Crippen LogP contribution is 2.31. The van der Waals surface area contributed by atoms with E-state index in [1.54, 1.807) is 17.8 Å². The Morgan fingerprint density at radius 2 is 2.00 bits per heavy atom. The molecule has 1 aliphatic heterocycles. The van der Waals surface area contributed by atoms with Crippen LogP contribution in [0, 0.1) is 0 Å². The van der Waals surface area contributed by atoms with Crippen molar-refractivity contribution in [3.8, 4) is 0 Å². The third-order valence-electron chi connectivity index (χ3n) is 3.41. The molecule has 1 fully saturated rings. The fourth-order valence-electron chi connectivity index (χ4n) is 2.37. The van der Waals surface area contributed by atoms with Gasteiger partial charge in [0.1, 0.15) is 11.3 Å². The maximum absolute atomic E-state index is 12.6. The third-order valence-corrected chi connectivity index (χ3v) is 4.34. The molecule has 1 aliphatic rings. The summed E-state index contributed by atoms with van der Waals surface area (Å²) in [7, 11) is 1.35. The predicted octanol–water partition coefficient (Wildman–Crippen LogP) is 3.21. The van der Waals surface area contributed by atoms with Crippen LogP contribution in [0.3, 0.4) is 0 Å². The minimum Gasteiger partial charge on any atom is -0.466 e. The van der Waals surface area contributed by atoms with Crippen molar-refractivity contribution in [2.45, 2.75) is 58.9 Å². The molecule has 1 atom stereocenters. The first kappa shape index (κ1) is 20.8. The second kappa shape index (κ2) is 8.25. The van der Waals surface area contributed by atoms with Crippen molar-refractivity contribution < 1.29 is 23.8 Å². The summed E-state index contributed by atoms with van der Waals surface area (Å²) < 4.78 is 16.1. The van der Waals surface area contributed by atoms with E-state index < -0.39 is 17.4 Å². The zero-order valence-electron chi connectivity index (χ0n) is 15.7. The molecule has 0 saturated carbocycles. The molecular weight excluding hydrogens is 330 g/mol. The SMILES string of the molecule is CCSC/C(=C\[C@H]1COC(C)(C)N1C(=O)OC(C)(C)C)C(=O)OC. The van der Waals surface area contributed by atoms with E-state index in [4.69, 9.17) is 14.2 Å². The van der Waals surface area contributed by atoms with Crippen molar-refractivity contribution in [3.63, 3.8) is 0 Å². The molecule has 0 aromatic rings. The van der Waals surface area contributed by atoms with E-state index in [2.05, 4.69) is 0 Å². The Bertz CT molecular complexity index is 496. The summed E-state index contributed by atoms with van der Waals surface area (Å²) in [4.78, 5) is 26.1. The number of nitrogens with zero attached hydrogens (tertiary/aromatic N) is 1. The van der Waals surface area contributed by atoms with Gasteiger partial charge in [-0.15, -0.1) is 0 Å². The summed E-state index contributed by atoms with van der Waals surface area (Å²) in [5.74, 6) is 1.03. The van der Waals surface area contributed by atoms with E-state index in [1.807, 2.05) is 41.5 Å². The van der Waals surface area contributed by atoms with E-state index >= 15 is 0 Å². The fraction of sp³-hybridized carbons (Fsp3) is 0.765. The van der Waals surface area contributed by atoms with Crippen molar-refractivity contribution in [1.29, 1.82) is 0 Å². The monoisotopic (exact) mass is 359 g/mol. The second-order valence-electron chi connectivity index (χ2n) is 7.00. The van der Waals surface area contributed by atoms with Crippen LogP contribution in [0.1, 0.15) is 41.5 Å². The van der Waals surface area contributed by atoms with E-state index in [0.717, 1.165) is 5.75 Å². The normalized spacial score (nSPS) is 20.9. The number of amides is 1. The number of esters is 1. The highest BCUT2D eigenvalue weighted by atomic mass is 32.2. The molecule has 1 heterocycles. The fourth-order valence-corrected chi connectivity index (χ4v) is 3.01. The topological polar surface area (TPSA) is 65.1 Å². The van der Waals surface area contributed by atoms with Crippen LogP contribution in [0.15, 0.2) is 11.6 Å². The number of hydrogen-bond acceptors (Lipinski definition) is 6. The first-order valence-corrected chi connectivity index (χ1v) is 9.20. The van der Waals surface area contributed by atoms with Gasteiger partial charge in [0.25, 0.3) is 0 Å². The quantitative estimate of drug-likeness (QED) is 0.555. The van der Waals surface area contributed by atoms with Crippen LogP contribution < -0.4 is 0 Å². The molecular formula is C17H29NO5S. The van der Waals surface area contributed by atoms with Crippen molar-refractivity contribution in [2.75, 3.05) is 25.2 Å². The van der Waals surface area contributed by atoms with Crippen LogP contribution in [0.25, 0.3) is 0 Å². The molecule has 0 aliphatic carbocycles. The lowest BCUT2D eigenvalue weighted by Gasteiger charge is -2.34. The Balaban J connectivity index is 3.07. The lowest BCUT2D eigenvalue weighted by molar-refractivity contribution is -0.136. The van der Waals surface area contributed by atoms with Crippen LogP contribution in [-0.2, 0) is 19.0 Å². The van der Waals surface area contributed by atoms with Crippen LogP contribution in [0.4, 0.5) is 4.79 Å². The molecule has 0 N–H and O–H groups in total. The Labute approximate surface area is 148 Å². The average molecular weight is 359 g/mol. The van der Waals surface area contributed by atoms with Gasteiger partial charge in [-0.3, -0.25) is 4.90 Å². The summed E-state index contributed by atoms with van der Waals surface area (Å²) in [6, 6.07) is -0.374. The number of hydrogen-bond donors (Lipinski definition) is 0. The van der Waals surface area contributed by atoms with Gasteiger partial charge in [0.2, 0.25) is 0 Å². The maximum Gasteiger partial charge on any atom is 0.413 e. The van der Waals surface area contributed by atoms with Crippen LogP contribution in [-0.4, -0.2) is 59.6 Å². The number of thioether (sulfide) groups is 1. The highest BCUT2D eigenvalue weighted by Gasteiger charge is 2.45. The summed E-state index contributed by atoms with van der Waals surface area (Å²) in [6.45, 7) is 11.4. The summed E-state index contributed by atoms with van der Waals surface area (Å²) in [5.41, 5.74) is -0.875. The molecule has 0 unspecified atom stereocenters. The molecule has 24 heavy (non-hydrogen) atoms. The van der Waals surface area contributed by atoms with Crippen molar-refractivity contribution in [2.24, 2.45) is 0 Å². The largest absolute Gasteiger partial charge is 0.466 e. The zero-order valence-corrected chi connectivity index (χ0v) is 16.5. The summed E-state index contributed by atoms with van der Waals surface area (Å²) >= 11 is 1.62. The maximum atomic E-state index is 12.6. The Kier molecular flexibility index (Phi) is 7.16. The van der Waals surface area contributed by atoms with Crippen LogP contribution >= 0.6 is 11.8 Å². The van der Waals surface area contributed by atoms with Gasteiger partial charge in [0.15, 0.2) is 0 Å². The Morgan fingerprint density at radius 3 is 2.50 bits per heavy atom. The molecule has 138 valence electrons. The lowest BCUT2D eigenvalue weighted by Crippen LogP contribution is -2.49.